The Hall–Kier alpha value is -1.54. The van der Waals surface area contributed by atoms with Gasteiger partial charge in [0, 0.05) is 6.07 Å². The van der Waals surface area contributed by atoms with Crippen molar-refractivity contribution in [3.05, 3.63) is 30.1 Å². The highest BCUT2D eigenvalue weighted by atomic mass is 16.6. The summed E-state index contributed by atoms with van der Waals surface area (Å²) < 4.78 is 12.2. The van der Waals surface area contributed by atoms with E-state index in [1.807, 2.05) is 0 Å². The van der Waals surface area contributed by atoms with Crippen molar-refractivity contribution < 1.29 is 34.2 Å². The summed E-state index contributed by atoms with van der Waals surface area (Å²) in [6, 6.07) is 3.26. The van der Waals surface area contributed by atoms with Crippen LogP contribution in [0, 0.1) is 0 Å². The summed E-state index contributed by atoms with van der Waals surface area (Å²) in [6.45, 7) is 2.10. The van der Waals surface area contributed by atoms with Crippen molar-refractivity contribution in [2.24, 2.45) is 0 Å². The summed E-state index contributed by atoms with van der Waals surface area (Å²) in [5.74, 6) is -0.437. The van der Waals surface area contributed by atoms with Gasteiger partial charge in [0.25, 0.3) is 6.23 Å². The van der Waals surface area contributed by atoms with Crippen LogP contribution in [0.25, 0.3) is 0 Å². The lowest BCUT2D eigenvalue weighted by molar-refractivity contribution is -0.765. The van der Waals surface area contributed by atoms with Crippen LogP contribution >= 0.6 is 0 Å². The van der Waals surface area contributed by atoms with E-state index in [1.54, 1.807) is 18.3 Å². The first kappa shape index (κ1) is 18.8. The Morgan fingerprint density at radius 1 is 1.29 bits per heavy atom. The molecular weight excluding hydrogens is 314 g/mol. The van der Waals surface area contributed by atoms with Crippen LogP contribution in [0.2, 0.25) is 0 Å². The van der Waals surface area contributed by atoms with Crippen LogP contribution in [0.15, 0.2) is 24.5 Å². The van der Waals surface area contributed by atoms with Gasteiger partial charge in [-0.2, -0.15) is 4.57 Å². The summed E-state index contributed by atoms with van der Waals surface area (Å²) in [5.41, 5.74) is 0.339. The van der Waals surface area contributed by atoms with E-state index in [0.717, 1.165) is 25.7 Å². The number of aromatic nitrogens is 1. The van der Waals surface area contributed by atoms with Crippen LogP contribution in [-0.4, -0.2) is 52.8 Å². The third kappa shape index (κ3) is 4.51. The predicted molar refractivity (Wildman–Crippen MR) is 84.1 cm³/mol. The number of aliphatic hydroxyl groups is 3. The lowest BCUT2D eigenvalue weighted by atomic mass is 10.1. The molecule has 0 saturated carbocycles. The van der Waals surface area contributed by atoms with Crippen molar-refractivity contribution in [3.8, 4) is 0 Å². The Morgan fingerprint density at radius 3 is 2.75 bits per heavy atom. The smallest absolute Gasteiger partial charge is 0.344 e. The summed E-state index contributed by atoms with van der Waals surface area (Å²) in [7, 11) is 0. The molecule has 2 rings (SSSR count). The highest BCUT2D eigenvalue weighted by Gasteiger charge is 2.48. The van der Waals surface area contributed by atoms with Crippen molar-refractivity contribution in [1.29, 1.82) is 0 Å². The van der Waals surface area contributed by atoms with Crippen molar-refractivity contribution in [2.75, 3.05) is 13.2 Å². The first-order valence-corrected chi connectivity index (χ1v) is 8.38. The second-order valence-corrected chi connectivity index (χ2v) is 5.97. The number of ether oxygens (including phenoxy) is 2. The molecule has 1 aromatic rings. The summed E-state index contributed by atoms with van der Waals surface area (Å²) in [5, 5.41) is 29.0. The second kappa shape index (κ2) is 9.08. The molecule has 1 fully saturated rings. The molecule has 1 aromatic heterocycles. The molecule has 0 radical (unpaired) electrons. The normalized spacial score (nSPS) is 26.5. The van der Waals surface area contributed by atoms with Crippen molar-refractivity contribution in [2.45, 2.75) is 57.1 Å². The number of aliphatic hydroxyl groups excluding tert-OH is 3. The number of unbranched alkanes of at least 4 members (excludes halogenated alkanes) is 3. The van der Waals surface area contributed by atoms with Gasteiger partial charge < -0.3 is 24.8 Å². The van der Waals surface area contributed by atoms with E-state index in [1.165, 1.54) is 10.8 Å². The number of hydrogen-bond acceptors (Lipinski definition) is 6. The van der Waals surface area contributed by atoms with E-state index >= 15 is 0 Å². The molecule has 4 atom stereocenters. The molecule has 0 unspecified atom stereocenters. The van der Waals surface area contributed by atoms with Crippen molar-refractivity contribution in [3.63, 3.8) is 0 Å². The molecule has 0 bridgehead atoms. The third-order valence-corrected chi connectivity index (χ3v) is 4.10. The molecule has 7 heteroatoms. The topological polar surface area (TPSA) is 100 Å². The van der Waals surface area contributed by atoms with E-state index in [-0.39, 0.29) is 0 Å². The second-order valence-electron chi connectivity index (χ2n) is 5.97. The summed E-state index contributed by atoms with van der Waals surface area (Å²) >= 11 is 0. The minimum Gasteiger partial charge on any atom is -0.462 e. The zero-order valence-electron chi connectivity index (χ0n) is 13.9. The maximum Gasteiger partial charge on any atom is 0.344 e. The van der Waals surface area contributed by atoms with E-state index in [0.29, 0.717) is 12.2 Å². The van der Waals surface area contributed by atoms with Crippen molar-refractivity contribution >= 4 is 5.97 Å². The third-order valence-electron chi connectivity index (χ3n) is 4.10. The van der Waals surface area contributed by atoms with Gasteiger partial charge in [0.2, 0.25) is 0 Å². The number of esters is 1. The van der Waals surface area contributed by atoms with Gasteiger partial charge in [-0.05, 0) is 12.5 Å². The average Bonchev–Trinajstić information content (AvgIpc) is 2.89. The Labute approximate surface area is 141 Å². The van der Waals surface area contributed by atoms with Gasteiger partial charge in [0.1, 0.15) is 17.8 Å². The molecule has 1 aliphatic heterocycles. The van der Waals surface area contributed by atoms with Crippen LogP contribution in [-0.2, 0) is 9.47 Å². The molecule has 7 nitrogen and oxygen atoms in total. The van der Waals surface area contributed by atoms with Crippen LogP contribution in [0.4, 0.5) is 0 Å². The molecule has 1 saturated heterocycles. The largest absolute Gasteiger partial charge is 0.462 e. The van der Waals surface area contributed by atoms with Gasteiger partial charge in [0.05, 0.1) is 13.2 Å². The minimum atomic E-state index is -1.19. The molecule has 24 heavy (non-hydrogen) atoms. The average molecular weight is 340 g/mol. The fraction of sp³-hybridized carbons (Fsp3) is 0.647. The molecule has 1 aliphatic rings. The van der Waals surface area contributed by atoms with Gasteiger partial charge in [-0.15, -0.1) is 0 Å². The number of carbonyl (C=O) groups is 1. The van der Waals surface area contributed by atoms with Gasteiger partial charge >= 0.3 is 5.97 Å². The number of pyridine rings is 1. The zero-order valence-corrected chi connectivity index (χ0v) is 13.9. The summed E-state index contributed by atoms with van der Waals surface area (Å²) in [4.78, 5) is 12.1. The van der Waals surface area contributed by atoms with Gasteiger partial charge in [0.15, 0.2) is 18.5 Å². The lowest BCUT2D eigenvalue weighted by Crippen LogP contribution is -2.46. The molecule has 2 heterocycles. The number of carbonyl (C=O) groups excluding carboxylic acids is 1. The van der Waals surface area contributed by atoms with E-state index in [4.69, 9.17) is 14.6 Å². The maximum atomic E-state index is 12.1. The molecule has 134 valence electrons. The lowest BCUT2D eigenvalue weighted by Gasteiger charge is -2.10. The monoisotopic (exact) mass is 340 g/mol. The van der Waals surface area contributed by atoms with E-state index in [9.17, 15) is 15.0 Å². The first-order valence-electron chi connectivity index (χ1n) is 8.38. The highest BCUT2D eigenvalue weighted by molar-refractivity contribution is 5.88. The molecule has 0 amide bonds. The molecule has 0 spiro atoms. The van der Waals surface area contributed by atoms with Gasteiger partial charge in [-0.1, -0.05) is 26.2 Å². The number of nitrogens with zero attached hydrogens (tertiary/aromatic N) is 1. The van der Waals surface area contributed by atoms with Crippen LogP contribution in [0.1, 0.15) is 49.2 Å². The summed E-state index contributed by atoms with van der Waals surface area (Å²) in [6.07, 6.45) is 3.15. The fourth-order valence-corrected chi connectivity index (χ4v) is 2.68. The Balaban J connectivity index is 1.97. The van der Waals surface area contributed by atoms with Gasteiger partial charge in [-0.25, -0.2) is 4.79 Å². The number of rotatable bonds is 8. The van der Waals surface area contributed by atoms with Gasteiger partial charge in [-0.3, -0.25) is 0 Å². The standard InChI is InChI=1S/C17H26NO6/c1-2-3-4-5-9-23-17(22)12-7-6-8-18(10-12)16-15(21)14(20)13(11-19)24-16/h6-8,10,13-16,19-21H,2-5,9,11H2,1H3/q+1/t13-,14+,15+,16-/m1/s1. The van der Waals surface area contributed by atoms with Crippen LogP contribution < -0.4 is 4.57 Å². The Bertz CT molecular complexity index is 538. The minimum absolute atomic E-state index is 0.339. The Kier molecular flexibility index (Phi) is 7.11. The van der Waals surface area contributed by atoms with E-state index in [2.05, 4.69) is 6.92 Å². The van der Waals surface area contributed by atoms with Crippen molar-refractivity contribution in [1.82, 2.24) is 0 Å². The molecule has 3 N–H and O–H groups in total. The fourth-order valence-electron chi connectivity index (χ4n) is 2.68. The molecular formula is C17H26NO6+. The quantitative estimate of drug-likeness (QED) is 0.358. The molecule has 0 aromatic carbocycles. The predicted octanol–water partition coefficient (Wildman–Crippen LogP) is 0.323. The van der Waals surface area contributed by atoms with Crippen LogP contribution in [0.5, 0.6) is 0 Å². The van der Waals surface area contributed by atoms with E-state index < -0.39 is 37.1 Å². The maximum absolute atomic E-state index is 12.1. The molecule has 0 aliphatic carbocycles. The zero-order chi connectivity index (χ0) is 17.5. The first-order chi connectivity index (χ1) is 11.6. The SMILES string of the molecule is CCCCCCOC(=O)c1ccc[n+]([C@@H]2O[C@H](CO)[C@H](O)[C@@H]2O)c1. The number of hydrogen-bond donors (Lipinski definition) is 3. The Morgan fingerprint density at radius 2 is 2.08 bits per heavy atom. The van der Waals surface area contributed by atoms with Crippen LogP contribution in [0.3, 0.4) is 0 Å². The highest BCUT2D eigenvalue weighted by Crippen LogP contribution is 2.25.